The van der Waals surface area contributed by atoms with Gasteiger partial charge in [-0.2, -0.15) is 0 Å². The van der Waals surface area contributed by atoms with Gasteiger partial charge in [0.05, 0.1) is 17.4 Å². The third kappa shape index (κ3) is 3.23. The van der Waals surface area contributed by atoms with Crippen LogP contribution in [-0.2, 0) is 0 Å². The van der Waals surface area contributed by atoms with E-state index in [-0.39, 0.29) is 5.91 Å². The number of pyridine rings is 1. The van der Waals surface area contributed by atoms with Crippen LogP contribution in [0.25, 0.3) is 0 Å². The van der Waals surface area contributed by atoms with E-state index in [4.69, 9.17) is 5.84 Å². The van der Waals surface area contributed by atoms with Crippen LogP contribution in [-0.4, -0.2) is 28.9 Å². The van der Waals surface area contributed by atoms with Crippen molar-refractivity contribution in [2.45, 2.75) is 33.1 Å². The van der Waals surface area contributed by atoms with Gasteiger partial charge in [0.25, 0.3) is 5.91 Å². The van der Waals surface area contributed by atoms with Crippen molar-refractivity contribution in [1.29, 1.82) is 0 Å². The number of likely N-dealkylation sites (tertiary alicyclic amines) is 1. The summed E-state index contributed by atoms with van der Waals surface area (Å²) in [5.74, 6) is 5.47. The van der Waals surface area contributed by atoms with E-state index in [0.717, 1.165) is 32.4 Å². The first-order chi connectivity index (χ1) is 9.03. The molecular formula is C14H22N4O. The van der Waals surface area contributed by atoms with Crippen LogP contribution in [0.15, 0.2) is 18.5 Å². The molecule has 3 N–H and O–H groups in total. The number of carbonyl (C=O) groups excluding carboxylic acids is 1. The van der Waals surface area contributed by atoms with Crippen molar-refractivity contribution in [2.24, 2.45) is 11.3 Å². The van der Waals surface area contributed by atoms with Gasteiger partial charge in [0.2, 0.25) is 0 Å². The van der Waals surface area contributed by atoms with Crippen LogP contribution < -0.4 is 11.3 Å². The second kappa shape index (κ2) is 5.57. The first-order valence-electron chi connectivity index (χ1n) is 6.73. The number of amides is 1. The number of nitrogens with zero attached hydrogens (tertiary/aromatic N) is 2. The highest BCUT2D eigenvalue weighted by molar-refractivity contribution is 5.99. The summed E-state index contributed by atoms with van der Waals surface area (Å²) in [4.78, 5) is 18.4. The van der Waals surface area contributed by atoms with Crippen molar-refractivity contribution in [2.75, 3.05) is 18.5 Å². The van der Waals surface area contributed by atoms with Crippen LogP contribution in [0.5, 0.6) is 0 Å². The zero-order valence-corrected chi connectivity index (χ0v) is 11.6. The predicted octanol–water partition coefficient (Wildman–Crippen LogP) is 2.02. The summed E-state index contributed by atoms with van der Waals surface area (Å²) >= 11 is 0. The minimum atomic E-state index is 0.0352. The zero-order chi connectivity index (χ0) is 13.9. The molecule has 0 unspecified atom stereocenters. The summed E-state index contributed by atoms with van der Waals surface area (Å²) in [6.45, 7) is 6.15. The lowest BCUT2D eigenvalue weighted by Crippen LogP contribution is -2.33. The molecule has 1 amide bonds. The summed E-state index contributed by atoms with van der Waals surface area (Å²) in [6.07, 6.45) is 6.45. The minimum Gasteiger partial charge on any atom is -0.339 e. The van der Waals surface area contributed by atoms with Gasteiger partial charge in [-0.1, -0.05) is 13.8 Å². The average Bonchev–Trinajstić information content (AvgIpc) is 2.59. The second-order valence-corrected chi connectivity index (χ2v) is 5.88. The lowest BCUT2D eigenvalue weighted by molar-refractivity contribution is 0.0758. The average molecular weight is 262 g/mol. The Kier molecular flexibility index (Phi) is 4.04. The maximum Gasteiger partial charge on any atom is 0.256 e. The first kappa shape index (κ1) is 13.8. The quantitative estimate of drug-likeness (QED) is 0.632. The fraction of sp³-hybridized carbons (Fsp3) is 0.571. The van der Waals surface area contributed by atoms with E-state index in [2.05, 4.69) is 24.3 Å². The Balaban J connectivity index is 2.15. The summed E-state index contributed by atoms with van der Waals surface area (Å²) in [7, 11) is 0. The van der Waals surface area contributed by atoms with Crippen molar-refractivity contribution in [3.8, 4) is 0 Å². The van der Waals surface area contributed by atoms with Gasteiger partial charge in [-0.3, -0.25) is 15.6 Å². The highest BCUT2D eigenvalue weighted by atomic mass is 16.2. The van der Waals surface area contributed by atoms with Crippen LogP contribution >= 0.6 is 0 Å². The molecule has 0 radical (unpaired) electrons. The Morgan fingerprint density at radius 1 is 1.42 bits per heavy atom. The van der Waals surface area contributed by atoms with Gasteiger partial charge in [-0.05, 0) is 30.7 Å². The molecule has 5 heteroatoms. The van der Waals surface area contributed by atoms with Gasteiger partial charge >= 0.3 is 0 Å². The molecule has 1 aromatic heterocycles. The third-order valence-corrected chi connectivity index (χ3v) is 3.83. The number of hydrazine groups is 1. The molecule has 0 aromatic carbocycles. The van der Waals surface area contributed by atoms with E-state index < -0.39 is 0 Å². The summed E-state index contributed by atoms with van der Waals surface area (Å²) < 4.78 is 0. The van der Waals surface area contributed by atoms with E-state index >= 15 is 0 Å². The van der Waals surface area contributed by atoms with Crippen LogP contribution in [0.3, 0.4) is 0 Å². The number of hydrogen-bond donors (Lipinski definition) is 2. The molecule has 0 aliphatic carbocycles. The van der Waals surface area contributed by atoms with E-state index in [1.807, 2.05) is 4.90 Å². The highest BCUT2D eigenvalue weighted by Gasteiger charge is 2.26. The molecule has 0 atom stereocenters. The van der Waals surface area contributed by atoms with Gasteiger partial charge < -0.3 is 10.3 Å². The smallest absolute Gasteiger partial charge is 0.256 e. The topological polar surface area (TPSA) is 71.2 Å². The molecule has 2 rings (SSSR count). The number of nitrogens with two attached hydrogens (primary N) is 1. The van der Waals surface area contributed by atoms with Crippen LogP contribution in [0.1, 0.15) is 43.5 Å². The minimum absolute atomic E-state index is 0.0352. The summed E-state index contributed by atoms with van der Waals surface area (Å²) in [5, 5.41) is 0. The Hall–Kier alpha value is -1.62. The molecule has 1 saturated heterocycles. The molecule has 0 bridgehead atoms. The number of rotatable bonds is 2. The molecule has 1 aliphatic heterocycles. The van der Waals surface area contributed by atoms with Crippen LogP contribution in [0, 0.1) is 5.41 Å². The van der Waals surface area contributed by atoms with Crippen molar-refractivity contribution < 1.29 is 4.79 Å². The Morgan fingerprint density at radius 3 is 2.95 bits per heavy atom. The molecule has 5 nitrogen and oxygen atoms in total. The van der Waals surface area contributed by atoms with E-state index in [9.17, 15) is 4.79 Å². The van der Waals surface area contributed by atoms with E-state index in [1.54, 1.807) is 18.5 Å². The number of anilines is 1. The van der Waals surface area contributed by atoms with Crippen molar-refractivity contribution in [1.82, 2.24) is 9.88 Å². The molecule has 1 fully saturated rings. The predicted molar refractivity (Wildman–Crippen MR) is 75.6 cm³/mol. The van der Waals surface area contributed by atoms with Gasteiger partial charge in [0.1, 0.15) is 0 Å². The normalized spacial score (nSPS) is 18.8. The molecule has 2 heterocycles. The standard InChI is InChI=1S/C14H22N4O/c1-14(2)5-3-8-18(9-6-14)13(19)11-4-7-16-10-12(11)17-15/h4,7,10,17H,3,5-6,8-9,15H2,1-2H3. The number of aromatic nitrogens is 1. The van der Waals surface area contributed by atoms with Crippen molar-refractivity contribution in [3.63, 3.8) is 0 Å². The van der Waals surface area contributed by atoms with Crippen molar-refractivity contribution >= 4 is 11.6 Å². The van der Waals surface area contributed by atoms with Gasteiger partial charge in [0, 0.05) is 19.3 Å². The lowest BCUT2D eigenvalue weighted by Gasteiger charge is -2.24. The van der Waals surface area contributed by atoms with Gasteiger partial charge in [-0.15, -0.1) is 0 Å². The zero-order valence-electron chi connectivity index (χ0n) is 11.6. The lowest BCUT2D eigenvalue weighted by atomic mass is 9.85. The first-order valence-corrected chi connectivity index (χ1v) is 6.73. The van der Waals surface area contributed by atoms with Crippen molar-refractivity contribution in [3.05, 3.63) is 24.0 Å². The Morgan fingerprint density at radius 2 is 2.21 bits per heavy atom. The molecule has 104 valence electrons. The maximum absolute atomic E-state index is 12.5. The summed E-state index contributed by atoms with van der Waals surface area (Å²) in [6, 6.07) is 1.72. The monoisotopic (exact) mass is 262 g/mol. The van der Waals surface area contributed by atoms with Crippen LogP contribution in [0.2, 0.25) is 0 Å². The van der Waals surface area contributed by atoms with E-state index in [1.165, 1.54) is 0 Å². The largest absolute Gasteiger partial charge is 0.339 e. The van der Waals surface area contributed by atoms with E-state index in [0.29, 0.717) is 16.7 Å². The highest BCUT2D eigenvalue weighted by Crippen LogP contribution is 2.30. The molecule has 19 heavy (non-hydrogen) atoms. The molecule has 1 aliphatic rings. The number of hydrogen-bond acceptors (Lipinski definition) is 4. The SMILES string of the molecule is CC1(C)CCCN(C(=O)c2ccncc2NN)CC1. The Labute approximate surface area is 114 Å². The second-order valence-electron chi connectivity index (χ2n) is 5.88. The molecule has 0 saturated carbocycles. The number of nitrogen functional groups attached to an aromatic ring is 1. The van der Waals surface area contributed by atoms with Gasteiger partial charge in [-0.25, -0.2) is 0 Å². The Bertz CT molecular complexity index is 459. The molecule has 1 aromatic rings. The van der Waals surface area contributed by atoms with Crippen LogP contribution in [0.4, 0.5) is 5.69 Å². The number of carbonyl (C=O) groups is 1. The fourth-order valence-corrected chi connectivity index (χ4v) is 2.49. The maximum atomic E-state index is 12.5. The number of nitrogens with one attached hydrogen (secondary N) is 1. The van der Waals surface area contributed by atoms with Gasteiger partial charge in [0.15, 0.2) is 0 Å². The third-order valence-electron chi connectivity index (χ3n) is 3.83. The molecule has 0 spiro atoms. The summed E-state index contributed by atoms with van der Waals surface area (Å²) in [5.41, 5.74) is 4.03. The molecular weight excluding hydrogens is 240 g/mol. The fourth-order valence-electron chi connectivity index (χ4n) is 2.49.